The van der Waals surface area contributed by atoms with Crippen molar-refractivity contribution in [3.8, 4) is 0 Å². The molecule has 1 aromatic carbocycles. The second-order valence-electron chi connectivity index (χ2n) is 5.52. The van der Waals surface area contributed by atoms with E-state index in [0.29, 0.717) is 35.4 Å². The number of likely N-dealkylation sites (tertiary alicyclic amines) is 1. The molecule has 0 bridgehead atoms. The Labute approximate surface area is 151 Å². The number of halogens is 2. The quantitative estimate of drug-likeness (QED) is 0.831. The summed E-state index contributed by atoms with van der Waals surface area (Å²) in [6, 6.07) is 5.15. The lowest BCUT2D eigenvalue weighted by Crippen LogP contribution is -2.46. The molecule has 0 aromatic heterocycles. The van der Waals surface area contributed by atoms with Crippen molar-refractivity contribution in [1.82, 2.24) is 10.2 Å². The van der Waals surface area contributed by atoms with Gasteiger partial charge in [0.1, 0.15) is 0 Å². The van der Waals surface area contributed by atoms with Gasteiger partial charge < -0.3 is 20.3 Å². The normalized spacial score (nSPS) is 15.2. The van der Waals surface area contributed by atoms with Gasteiger partial charge in [-0.05, 0) is 38.0 Å². The second-order valence-corrected chi connectivity index (χ2v) is 6.33. The first kappa shape index (κ1) is 18.8. The number of hydrogen-bond donors (Lipinski definition) is 2. The summed E-state index contributed by atoms with van der Waals surface area (Å²) in [5.41, 5.74) is 0.605. The number of anilines is 1. The van der Waals surface area contributed by atoms with Crippen LogP contribution < -0.4 is 10.6 Å². The molecule has 0 spiro atoms. The lowest BCUT2D eigenvalue weighted by molar-refractivity contribution is -0.115. The van der Waals surface area contributed by atoms with Crippen molar-refractivity contribution >= 4 is 40.9 Å². The number of carbonyl (C=O) groups excluding carboxylic acids is 2. The van der Waals surface area contributed by atoms with Crippen LogP contribution in [0.25, 0.3) is 0 Å². The number of amides is 2. The predicted octanol–water partition coefficient (Wildman–Crippen LogP) is 3.14. The van der Waals surface area contributed by atoms with Gasteiger partial charge >= 0.3 is 6.09 Å². The van der Waals surface area contributed by atoms with Crippen LogP contribution >= 0.6 is 23.2 Å². The summed E-state index contributed by atoms with van der Waals surface area (Å²) >= 11 is 11.8. The zero-order valence-corrected chi connectivity index (χ0v) is 15.0. The molecule has 132 valence electrons. The summed E-state index contributed by atoms with van der Waals surface area (Å²) in [6.07, 6.45) is 1.31. The minimum absolute atomic E-state index is 0.152. The first-order valence-corrected chi connectivity index (χ1v) is 8.65. The van der Waals surface area contributed by atoms with E-state index in [-0.39, 0.29) is 24.6 Å². The fraction of sp³-hybridized carbons (Fsp3) is 0.500. The molecule has 2 N–H and O–H groups in total. The number of piperidine rings is 1. The molecule has 1 aliphatic rings. The van der Waals surface area contributed by atoms with Crippen LogP contribution in [-0.4, -0.2) is 49.2 Å². The van der Waals surface area contributed by atoms with E-state index >= 15 is 0 Å². The van der Waals surface area contributed by atoms with E-state index in [0.717, 1.165) is 12.8 Å². The van der Waals surface area contributed by atoms with Gasteiger partial charge in [-0.25, -0.2) is 4.79 Å². The Bertz CT molecular complexity index is 590. The van der Waals surface area contributed by atoms with Gasteiger partial charge in [0.25, 0.3) is 0 Å². The number of benzene rings is 1. The highest BCUT2D eigenvalue weighted by Crippen LogP contribution is 2.24. The summed E-state index contributed by atoms with van der Waals surface area (Å²) in [6.45, 7) is 3.63. The third kappa shape index (κ3) is 5.54. The smallest absolute Gasteiger partial charge is 0.409 e. The minimum atomic E-state index is -0.270. The van der Waals surface area contributed by atoms with Gasteiger partial charge in [-0.2, -0.15) is 0 Å². The molecule has 1 aromatic rings. The van der Waals surface area contributed by atoms with Crippen molar-refractivity contribution in [3.63, 3.8) is 0 Å². The highest BCUT2D eigenvalue weighted by molar-refractivity contribution is 6.42. The maximum Gasteiger partial charge on any atom is 0.409 e. The molecule has 24 heavy (non-hydrogen) atoms. The van der Waals surface area contributed by atoms with Crippen LogP contribution in [0.5, 0.6) is 0 Å². The van der Waals surface area contributed by atoms with E-state index in [4.69, 9.17) is 27.9 Å². The van der Waals surface area contributed by atoms with E-state index < -0.39 is 0 Å². The molecule has 0 saturated carbocycles. The van der Waals surface area contributed by atoms with Crippen molar-refractivity contribution in [2.75, 3.05) is 31.6 Å². The number of nitrogens with zero attached hydrogens (tertiary/aromatic N) is 1. The monoisotopic (exact) mass is 373 g/mol. The van der Waals surface area contributed by atoms with Gasteiger partial charge in [0.15, 0.2) is 0 Å². The van der Waals surface area contributed by atoms with Gasteiger partial charge in [0.05, 0.1) is 23.2 Å². The topological polar surface area (TPSA) is 70.7 Å². The molecule has 1 saturated heterocycles. The van der Waals surface area contributed by atoms with E-state index in [1.54, 1.807) is 30.0 Å². The highest BCUT2D eigenvalue weighted by atomic mass is 35.5. The molecular weight excluding hydrogens is 353 g/mol. The van der Waals surface area contributed by atoms with Gasteiger partial charge in [-0.3, -0.25) is 4.79 Å². The maximum atomic E-state index is 12.0. The summed E-state index contributed by atoms with van der Waals surface area (Å²) in [7, 11) is 0. The van der Waals surface area contributed by atoms with E-state index in [1.165, 1.54) is 0 Å². The summed E-state index contributed by atoms with van der Waals surface area (Å²) in [5, 5.41) is 6.82. The zero-order chi connectivity index (χ0) is 17.5. The summed E-state index contributed by atoms with van der Waals surface area (Å²) < 4.78 is 4.98. The summed E-state index contributed by atoms with van der Waals surface area (Å²) in [4.78, 5) is 25.3. The molecule has 2 amide bonds. The average molecular weight is 374 g/mol. The Morgan fingerprint density at radius 3 is 2.58 bits per heavy atom. The van der Waals surface area contributed by atoms with Crippen molar-refractivity contribution in [1.29, 1.82) is 0 Å². The molecule has 0 unspecified atom stereocenters. The van der Waals surface area contributed by atoms with E-state index in [2.05, 4.69) is 10.6 Å². The van der Waals surface area contributed by atoms with E-state index in [9.17, 15) is 9.59 Å². The van der Waals surface area contributed by atoms with Gasteiger partial charge in [-0.1, -0.05) is 23.2 Å². The molecule has 2 rings (SSSR count). The third-order valence-electron chi connectivity index (χ3n) is 3.78. The predicted molar refractivity (Wildman–Crippen MR) is 94.7 cm³/mol. The molecule has 8 heteroatoms. The zero-order valence-electron chi connectivity index (χ0n) is 13.5. The number of rotatable bonds is 5. The fourth-order valence-corrected chi connectivity index (χ4v) is 2.80. The molecule has 0 atom stereocenters. The van der Waals surface area contributed by atoms with Crippen molar-refractivity contribution in [3.05, 3.63) is 28.2 Å². The Balaban J connectivity index is 1.71. The highest BCUT2D eigenvalue weighted by Gasteiger charge is 2.23. The number of nitrogens with one attached hydrogen (secondary N) is 2. The van der Waals surface area contributed by atoms with Gasteiger partial charge in [-0.15, -0.1) is 0 Å². The average Bonchev–Trinajstić information content (AvgIpc) is 2.57. The van der Waals surface area contributed by atoms with Crippen LogP contribution in [-0.2, 0) is 9.53 Å². The Morgan fingerprint density at radius 1 is 1.25 bits per heavy atom. The van der Waals surface area contributed by atoms with Crippen LogP contribution in [0, 0.1) is 0 Å². The largest absolute Gasteiger partial charge is 0.450 e. The van der Waals surface area contributed by atoms with Crippen LogP contribution in [0.15, 0.2) is 18.2 Å². The van der Waals surface area contributed by atoms with Gasteiger partial charge in [0.2, 0.25) is 5.91 Å². The third-order valence-corrected chi connectivity index (χ3v) is 4.51. The Hall–Kier alpha value is -1.50. The fourth-order valence-electron chi connectivity index (χ4n) is 2.50. The van der Waals surface area contributed by atoms with Gasteiger partial charge in [0, 0.05) is 24.8 Å². The number of hydrogen-bond acceptors (Lipinski definition) is 4. The lowest BCUT2D eigenvalue weighted by atomic mass is 10.1. The number of carbonyl (C=O) groups is 2. The number of ether oxygens (including phenoxy) is 1. The first-order chi connectivity index (χ1) is 11.5. The lowest BCUT2D eigenvalue weighted by Gasteiger charge is -2.31. The van der Waals surface area contributed by atoms with E-state index in [1.807, 2.05) is 0 Å². The standard InChI is InChI=1S/C16H21Cl2N3O3/c1-2-24-16(23)21-7-5-11(6-8-21)19-10-15(22)20-12-3-4-13(17)14(18)9-12/h3-4,9,11,19H,2,5-8,10H2,1H3,(H,20,22). The Morgan fingerprint density at radius 2 is 1.96 bits per heavy atom. The molecule has 0 radical (unpaired) electrons. The second kappa shape index (κ2) is 9.11. The molecular formula is C16H21Cl2N3O3. The van der Waals surface area contributed by atoms with Crippen LogP contribution in [0.4, 0.5) is 10.5 Å². The molecule has 1 aliphatic heterocycles. The van der Waals surface area contributed by atoms with Crippen molar-refractivity contribution < 1.29 is 14.3 Å². The summed E-state index contributed by atoms with van der Waals surface area (Å²) in [5.74, 6) is -0.152. The molecule has 1 heterocycles. The van der Waals surface area contributed by atoms with Crippen molar-refractivity contribution in [2.24, 2.45) is 0 Å². The van der Waals surface area contributed by atoms with Crippen LogP contribution in [0.3, 0.4) is 0 Å². The Kier molecular flexibility index (Phi) is 7.15. The van der Waals surface area contributed by atoms with Crippen molar-refractivity contribution in [2.45, 2.75) is 25.8 Å². The van der Waals surface area contributed by atoms with Crippen LogP contribution in [0.2, 0.25) is 10.0 Å². The SMILES string of the molecule is CCOC(=O)N1CCC(NCC(=O)Nc2ccc(Cl)c(Cl)c2)CC1. The molecule has 1 fully saturated rings. The minimum Gasteiger partial charge on any atom is -0.450 e. The first-order valence-electron chi connectivity index (χ1n) is 7.89. The van der Waals surface area contributed by atoms with Crippen LogP contribution in [0.1, 0.15) is 19.8 Å². The molecule has 6 nitrogen and oxygen atoms in total. The molecule has 0 aliphatic carbocycles. The maximum absolute atomic E-state index is 12.0.